The molecule has 0 atom stereocenters. The lowest BCUT2D eigenvalue weighted by Gasteiger charge is -2.10. The minimum atomic E-state index is -0.375. The van der Waals surface area contributed by atoms with Crippen molar-refractivity contribution in [3.8, 4) is 0 Å². The minimum absolute atomic E-state index is 0.0452. The number of benzene rings is 1. The molecular formula is C12H14BrClN2O2. The van der Waals surface area contributed by atoms with Crippen LogP contribution in [0.5, 0.6) is 0 Å². The molecule has 18 heavy (non-hydrogen) atoms. The van der Waals surface area contributed by atoms with E-state index >= 15 is 0 Å². The van der Waals surface area contributed by atoms with Crippen LogP contribution in [0, 0.1) is 0 Å². The third kappa shape index (κ3) is 4.66. The Labute approximate surface area is 119 Å². The molecule has 2 amide bonds. The smallest absolute Gasteiger partial charge is 0.253 e. The Morgan fingerprint density at radius 2 is 2.06 bits per heavy atom. The van der Waals surface area contributed by atoms with Gasteiger partial charge in [-0.05, 0) is 32.0 Å². The Hall–Kier alpha value is -1.07. The number of rotatable bonds is 4. The van der Waals surface area contributed by atoms with Gasteiger partial charge in [0.05, 0.1) is 17.1 Å². The van der Waals surface area contributed by atoms with Gasteiger partial charge in [-0.25, -0.2) is 0 Å². The predicted octanol–water partition coefficient (Wildman–Crippen LogP) is 2.36. The normalized spacial score (nSPS) is 10.3. The maximum Gasteiger partial charge on any atom is 0.253 e. The average Bonchev–Trinajstić information content (AvgIpc) is 2.28. The van der Waals surface area contributed by atoms with Crippen LogP contribution in [0.25, 0.3) is 0 Å². The fourth-order valence-electron chi connectivity index (χ4n) is 1.30. The predicted molar refractivity (Wildman–Crippen MR) is 74.8 cm³/mol. The summed E-state index contributed by atoms with van der Waals surface area (Å²) in [6, 6.07) is 5.01. The number of amides is 2. The van der Waals surface area contributed by atoms with Crippen LogP contribution in [0.1, 0.15) is 24.2 Å². The zero-order valence-electron chi connectivity index (χ0n) is 10.1. The highest BCUT2D eigenvalue weighted by atomic mass is 79.9. The molecular weight excluding hydrogens is 320 g/mol. The fourth-order valence-corrected chi connectivity index (χ4v) is 1.86. The number of carbonyl (C=O) groups excluding carboxylic acids is 2. The van der Waals surface area contributed by atoms with Gasteiger partial charge < -0.3 is 10.6 Å². The number of hydrogen-bond acceptors (Lipinski definition) is 2. The molecule has 1 aromatic carbocycles. The fraction of sp³-hybridized carbons (Fsp3) is 0.333. The van der Waals surface area contributed by atoms with Crippen molar-refractivity contribution in [1.29, 1.82) is 0 Å². The van der Waals surface area contributed by atoms with Crippen LogP contribution < -0.4 is 10.6 Å². The molecule has 0 fully saturated rings. The molecule has 0 heterocycles. The van der Waals surface area contributed by atoms with Crippen molar-refractivity contribution in [2.45, 2.75) is 19.9 Å². The van der Waals surface area contributed by atoms with Gasteiger partial charge in [0.15, 0.2) is 0 Å². The highest BCUT2D eigenvalue weighted by Crippen LogP contribution is 2.20. The Balaban J connectivity index is 2.60. The van der Waals surface area contributed by atoms with Crippen molar-refractivity contribution >= 4 is 39.3 Å². The highest BCUT2D eigenvalue weighted by molar-refractivity contribution is 9.10. The Bertz CT molecular complexity index is 463. The molecule has 2 N–H and O–H groups in total. The molecule has 0 bridgehead atoms. The van der Waals surface area contributed by atoms with Gasteiger partial charge in [0, 0.05) is 10.5 Å². The van der Waals surface area contributed by atoms with E-state index in [9.17, 15) is 9.59 Å². The molecule has 0 aliphatic rings. The van der Waals surface area contributed by atoms with Gasteiger partial charge in [0.2, 0.25) is 5.91 Å². The quantitative estimate of drug-likeness (QED) is 0.888. The molecule has 0 radical (unpaired) electrons. The molecule has 0 aliphatic carbocycles. The second-order valence-corrected chi connectivity index (χ2v) is 5.35. The van der Waals surface area contributed by atoms with Crippen molar-refractivity contribution < 1.29 is 9.59 Å². The van der Waals surface area contributed by atoms with Gasteiger partial charge in [-0.2, -0.15) is 0 Å². The van der Waals surface area contributed by atoms with Gasteiger partial charge in [-0.15, -0.1) is 0 Å². The van der Waals surface area contributed by atoms with E-state index in [4.69, 9.17) is 11.6 Å². The molecule has 0 saturated heterocycles. The Kier molecular flexibility index (Phi) is 5.62. The van der Waals surface area contributed by atoms with Gasteiger partial charge in [0.1, 0.15) is 0 Å². The van der Waals surface area contributed by atoms with Gasteiger partial charge in [0.25, 0.3) is 5.91 Å². The summed E-state index contributed by atoms with van der Waals surface area (Å²) in [5.74, 6) is -0.607. The first-order valence-corrected chi connectivity index (χ1v) is 6.60. The highest BCUT2D eigenvalue weighted by Gasteiger charge is 2.12. The zero-order valence-corrected chi connectivity index (χ0v) is 12.4. The summed E-state index contributed by atoms with van der Waals surface area (Å²) in [4.78, 5) is 23.2. The van der Waals surface area contributed by atoms with Gasteiger partial charge in [-0.1, -0.05) is 27.5 Å². The summed E-state index contributed by atoms with van der Waals surface area (Å²) in [5, 5.41) is 5.54. The summed E-state index contributed by atoms with van der Waals surface area (Å²) < 4.78 is 0.753. The molecule has 98 valence electrons. The van der Waals surface area contributed by atoms with Crippen molar-refractivity contribution in [1.82, 2.24) is 10.6 Å². The van der Waals surface area contributed by atoms with E-state index < -0.39 is 0 Å². The van der Waals surface area contributed by atoms with Crippen molar-refractivity contribution in [3.63, 3.8) is 0 Å². The van der Waals surface area contributed by atoms with Crippen LogP contribution in [-0.2, 0) is 4.79 Å². The summed E-state index contributed by atoms with van der Waals surface area (Å²) in [6.45, 7) is 3.63. The van der Waals surface area contributed by atoms with Gasteiger partial charge >= 0.3 is 0 Å². The molecule has 4 nitrogen and oxygen atoms in total. The van der Waals surface area contributed by atoms with E-state index in [0.29, 0.717) is 10.6 Å². The van der Waals surface area contributed by atoms with Gasteiger partial charge in [-0.3, -0.25) is 9.59 Å². The lowest BCUT2D eigenvalue weighted by Crippen LogP contribution is -2.39. The van der Waals surface area contributed by atoms with Crippen molar-refractivity contribution in [3.05, 3.63) is 33.3 Å². The lowest BCUT2D eigenvalue weighted by molar-refractivity contribution is -0.120. The molecule has 0 spiro atoms. The third-order valence-electron chi connectivity index (χ3n) is 2.03. The van der Waals surface area contributed by atoms with Crippen LogP contribution >= 0.6 is 27.5 Å². The van der Waals surface area contributed by atoms with Crippen molar-refractivity contribution in [2.75, 3.05) is 6.54 Å². The molecule has 1 aromatic rings. The van der Waals surface area contributed by atoms with E-state index in [-0.39, 0.29) is 24.4 Å². The molecule has 6 heteroatoms. The first kappa shape index (κ1) is 15.0. The summed E-state index contributed by atoms with van der Waals surface area (Å²) in [7, 11) is 0. The van der Waals surface area contributed by atoms with E-state index in [0.717, 1.165) is 4.47 Å². The monoisotopic (exact) mass is 332 g/mol. The number of carbonyl (C=O) groups is 2. The second-order valence-electron chi connectivity index (χ2n) is 4.03. The first-order valence-electron chi connectivity index (χ1n) is 5.42. The molecule has 0 aromatic heterocycles. The summed E-state index contributed by atoms with van der Waals surface area (Å²) in [5.41, 5.74) is 0.336. The molecule has 1 rings (SSSR count). The molecule has 0 unspecified atom stereocenters. The number of nitrogens with one attached hydrogen (secondary N) is 2. The van der Waals surface area contributed by atoms with E-state index in [1.807, 2.05) is 13.8 Å². The van der Waals surface area contributed by atoms with Crippen LogP contribution in [0.15, 0.2) is 22.7 Å². The maximum absolute atomic E-state index is 11.8. The van der Waals surface area contributed by atoms with E-state index in [1.54, 1.807) is 18.2 Å². The van der Waals surface area contributed by atoms with Crippen molar-refractivity contribution in [2.24, 2.45) is 0 Å². The lowest BCUT2D eigenvalue weighted by atomic mass is 10.2. The number of halogens is 2. The zero-order chi connectivity index (χ0) is 13.7. The average molecular weight is 334 g/mol. The minimum Gasteiger partial charge on any atom is -0.352 e. The van der Waals surface area contributed by atoms with Crippen LogP contribution in [0.4, 0.5) is 0 Å². The van der Waals surface area contributed by atoms with E-state index in [2.05, 4.69) is 26.6 Å². The third-order valence-corrected chi connectivity index (χ3v) is 2.86. The van der Waals surface area contributed by atoms with Crippen LogP contribution in [-0.4, -0.2) is 24.4 Å². The molecule has 0 aliphatic heterocycles. The second kappa shape index (κ2) is 6.75. The first-order chi connectivity index (χ1) is 8.40. The Morgan fingerprint density at radius 1 is 1.39 bits per heavy atom. The molecule has 0 saturated carbocycles. The standard InChI is InChI=1S/C12H14BrClN2O2/c1-7(2)16-11(17)6-15-12(18)9-5-8(13)3-4-10(9)14/h3-5,7H,6H2,1-2H3,(H,15,18)(H,16,17). The van der Waals surface area contributed by atoms with E-state index in [1.165, 1.54) is 0 Å². The van der Waals surface area contributed by atoms with Crippen LogP contribution in [0.2, 0.25) is 5.02 Å². The number of hydrogen-bond donors (Lipinski definition) is 2. The SMILES string of the molecule is CC(C)NC(=O)CNC(=O)c1cc(Br)ccc1Cl. The largest absolute Gasteiger partial charge is 0.352 e. The maximum atomic E-state index is 11.8. The summed E-state index contributed by atoms with van der Waals surface area (Å²) in [6.07, 6.45) is 0. The van der Waals surface area contributed by atoms with Crippen LogP contribution in [0.3, 0.4) is 0 Å². The Morgan fingerprint density at radius 3 is 2.67 bits per heavy atom. The summed E-state index contributed by atoms with van der Waals surface area (Å²) >= 11 is 9.17. The topological polar surface area (TPSA) is 58.2 Å².